The largest absolute Gasteiger partial charge is 0.238 e. The summed E-state index contributed by atoms with van der Waals surface area (Å²) in [5.41, 5.74) is 1.00. The third-order valence-corrected chi connectivity index (χ3v) is 1.83. The van der Waals surface area contributed by atoms with E-state index in [9.17, 15) is 4.21 Å². The van der Waals surface area contributed by atoms with Gasteiger partial charge in [0.25, 0.3) is 0 Å². The van der Waals surface area contributed by atoms with Crippen LogP contribution in [-0.2, 0) is 10.0 Å². The number of hydrogen-bond acceptors (Lipinski definition) is 1. The molecule has 0 aliphatic carbocycles. The molecule has 1 rings (SSSR count). The second-order valence-electron chi connectivity index (χ2n) is 1.96. The van der Waals surface area contributed by atoms with Crippen molar-refractivity contribution >= 4 is 26.8 Å². The maximum atomic E-state index is 10.4. The molecule has 11 heavy (non-hydrogen) atoms. The van der Waals surface area contributed by atoms with Gasteiger partial charge in [-0.15, -0.1) is 0 Å². The summed E-state index contributed by atoms with van der Waals surface area (Å²) >= 11 is 0. The number of halogens is 1. The molecule has 0 aliphatic heterocycles. The molecule has 0 aliphatic rings. The fourth-order valence-electron chi connectivity index (χ4n) is 0.696. The van der Waals surface area contributed by atoms with Gasteiger partial charge in [-0.3, -0.25) is 0 Å². The monoisotopic (exact) mass is 186 g/mol. The molecule has 0 radical (unpaired) electrons. The highest BCUT2D eigenvalue weighted by molar-refractivity contribution is 8.10. The minimum Gasteiger partial charge on any atom is -0.238 e. The summed E-state index contributed by atoms with van der Waals surface area (Å²) in [6.07, 6.45) is 1.73. The molecule has 0 amide bonds. The van der Waals surface area contributed by atoms with Crippen molar-refractivity contribution in [3.8, 4) is 0 Å². The molecule has 0 N–H and O–H groups in total. The van der Waals surface area contributed by atoms with Crippen LogP contribution in [0.5, 0.6) is 0 Å². The average molecular weight is 187 g/mol. The molecule has 0 bridgehead atoms. The van der Waals surface area contributed by atoms with Crippen LogP contribution < -0.4 is 0 Å². The molecule has 0 saturated heterocycles. The Kier molecular flexibility index (Phi) is 3.33. The van der Waals surface area contributed by atoms with Gasteiger partial charge in [0.1, 0.15) is 10.0 Å². The van der Waals surface area contributed by atoms with Crippen LogP contribution in [0.4, 0.5) is 0 Å². The minimum absolute atomic E-state index is 1.00. The van der Waals surface area contributed by atoms with E-state index >= 15 is 0 Å². The molecular weight excluding hydrogens is 180 g/mol. The van der Waals surface area contributed by atoms with Crippen molar-refractivity contribution in [3.63, 3.8) is 0 Å². The summed E-state index contributed by atoms with van der Waals surface area (Å²) in [5.74, 6) is 0. The Bertz CT molecular complexity index is 269. The summed E-state index contributed by atoms with van der Waals surface area (Å²) in [6, 6.07) is 9.59. The van der Waals surface area contributed by atoms with Gasteiger partial charge in [-0.25, -0.2) is 4.21 Å². The molecule has 58 valence electrons. The van der Waals surface area contributed by atoms with Gasteiger partial charge in [0.2, 0.25) is 0 Å². The van der Waals surface area contributed by atoms with Crippen molar-refractivity contribution in [2.75, 3.05) is 0 Å². The summed E-state index contributed by atoms with van der Waals surface area (Å²) in [6.45, 7) is 0. The van der Waals surface area contributed by atoms with Crippen LogP contribution >= 0.6 is 10.7 Å². The van der Waals surface area contributed by atoms with E-state index in [4.69, 9.17) is 10.7 Å². The Labute approximate surface area is 72.7 Å². The SMILES string of the molecule is O=S(Cl)/C=C/c1ccccc1. The van der Waals surface area contributed by atoms with Crippen molar-refractivity contribution in [1.82, 2.24) is 0 Å². The van der Waals surface area contributed by atoms with Crippen molar-refractivity contribution in [3.05, 3.63) is 41.3 Å². The van der Waals surface area contributed by atoms with Crippen LogP contribution in [0, 0.1) is 0 Å². The van der Waals surface area contributed by atoms with Gasteiger partial charge < -0.3 is 0 Å². The highest BCUT2D eigenvalue weighted by atomic mass is 35.7. The van der Waals surface area contributed by atoms with Crippen molar-refractivity contribution < 1.29 is 4.21 Å². The standard InChI is InChI=1S/C8H7ClOS/c9-11(10)7-6-8-4-2-1-3-5-8/h1-7H/b7-6+. The van der Waals surface area contributed by atoms with Gasteiger partial charge in [-0.2, -0.15) is 0 Å². The predicted molar refractivity (Wildman–Crippen MR) is 49.5 cm³/mol. The molecule has 0 fully saturated rings. The third kappa shape index (κ3) is 3.35. The number of benzene rings is 1. The normalized spacial score (nSPS) is 13.5. The lowest BCUT2D eigenvalue weighted by molar-refractivity contribution is 0.696. The van der Waals surface area contributed by atoms with Crippen LogP contribution in [0.1, 0.15) is 5.56 Å². The van der Waals surface area contributed by atoms with Crippen molar-refractivity contribution in [2.24, 2.45) is 0 Å². The van der Waals surface area contributed by atoms with E-state index in [2.05, 4.69) is 0 Å². The lowest BCUT2D eigenvalue weighted by Gasteiger charge is -1.87. The van der Waals surface area contributed by atoms with Gasteiger partial charge in [0.15, 0.2) is 0 Å². The second-order valence-corrected chi connectivity index (χ2v) is 3.64. The van der Waals surface area contributed by atoms with Gasteiger partial charge in [0.05, 0.1) is 0 Å². The molecule has 1 unspecified atom stereocenters. The molecular formula is C8H7ClOS. The zero-order valence-electron chi connectivity index (χ0n) is 5.74. The molecule has 0 spiro atoms. The lowest BCUT2D eigenvalue weighted by Crippen LogP contribution is -1.69. The van der Waals surface area contributed by atoms with Crippen LogP contribution in [0.25, 0.3) is 6.08 Å². The van der Waals surface area contributed by atoms with Crippen LogP contribution in [0.2, 0.25) is 0 Å². The van der Waals surface area contributed by atoms with E-state index in [1.165, 1.54) is 5.41 Å². The van der Waals surface area contributed by atoms with Crippen molar-refractivity contribution in [2.45, 2.75) is 0 Å². The zero-order chi connectivity index (χ0) is 8.10. The highest BCUT2D eigenvalue weighted by Gasteiger charge is 1.84. The number of hydrogen-bond donors (Lipinski definition) is 0. The van der Waals surface area contributed by atoms with Crippen LogP contribution in [0.3, 0.4) is 0 Å². The van der Waals surface area contributed by atoms with E-state index in [0.717, 1.165) is 5.56 Å². The summed E-state index contributed by atoms with van der Waals surface area (Å²) in [4.78, 5) is 0. The number of rotatable bonds is 2. The Morgan fingerprint density at radius 1 is 1.27 bits per heavy atom. The van der Waals surface area contributed by atoms with Crippen LogP contribution in [0.15, 0.2) is 35.7 Å². The van der Waals surface area contributed by atoms with Crippen molar-refractivity contribution in [1.29, 1.82) is 0 Å². The summed E-state index contributed by atoms with van der Waals surface area (Å²) in [7, 11) is 3.84. The maximum Gasteiger partial charge on any atom is 0.140 e. The van der Waals surface area contributed by atoms with E-state index in [1.807, 2.05) is 30.3 Å². The van der Waals surface area contributed by atoms with Gasteiger partial charge >= 0.3 is 0 Å². The molecule has 1 aromatic rings. The average Bonchev–Trinajstić information content (AvgIpc) is 2.03. The first kappa shape index (κ1) is 8.50. The molecule has 3 heteroatoms. The van der Waals surface area contributed by atoms with E-state index in [0.29, 0.717) is 0 Å². The fourth-order valence-corrected chi connectivity index (χ4v) is 1.11. The lowest BCUT2D eigenvalue weighted by atomic mass is 10.2. The van der Waals surface area contributed by atoms with E-state index in [1.54, 1.807) is 6.08 Å². The van der Waals surface area contributed by atoms with Crippen LogP contribution in [-0.4, -0.2) is 4.21 Å². The first-order valence-corrected chi connectivity index (χ1v) is 5.13. The fraction of sp³-hybridized carbons (Fsp3) is 0. The van der Waals surface area contributed by atoms with Gasteiger partial charge in [-0.1, -0.05) is 30.3 Å². The smallest absolute Gasteiger partial charge is 0.140 e. The molecule has 1 aromatic carbocycles. The van der Waals surface area contributed by atoms with Gasteiger partial charge in [-0.05, 0) is 22.3 Å². The molecule has 1 atom stereocenters. The van der Waals surface area contributed by atoms with Gasteiger partial charge in [0, 0.05) is 5.41 Å². The summed E-state index contributed by atoms with van der Waals surface area (Å²) < 4.78 is 10.4. The van der Waals surface area contributed by atoms with E-state index < -0.39 is 10.0 Å². The highest BCUT2D eigenvalue weighted by Crippen LogP contribution is 2.02. The molecule has 0 aromatic heterocycles. The second kappa shape index (κ2) is 4.31. The first-order chi connectivity index (χ1) is 5.29. The zero-order valence-corrected chi connectivity index (χ0v) is 7.31. The van der Waals surface area contributed by atoms with E-state index in [-0.39, 0.29) is 0 Å². The predicted octanol–water partition coefficient (Wildman–Crippen LogP) is 2.56. The Hall–Kier alpha value is -0.600. The quantitative estimate of drug-likeness (QED) is 0.649. The Morgan fingerprint density at radius 2 is 1.91 bits per heavy atom. The Balaban J connectivity index is 2.72. The topological polar surface area (TPSA) is 17.1 Å². The minimum atomic E-state index is -1.37. The first-order valence-electron chi connectivity index (χ1n) is 3.09. The maximum absolute atomic E-state index is 10.4. The third-order valence-electron chi connectivity index (χ3n) is 1.17. The molecule has 0 heterocycles. The summed E-state index contributed by atoms with van der Waals surface area (Å²) in [5, 5.41) is 1.44. The molecule has 0 saturated carbocycles. The Morgan fingerprint density at radius 3 is 2.45 bits per heavy atom. The molecule has 1 nitrogen and oxygen atoms in total.